The van der Waals surface area contributed by atoms with Crippen LogP contribution in [0.2, 0.25) is 0 Å². The lowest BCUT2D eigenvalue weighted by Crippen LogP contribution is -2.16. The fourth-order valence-electron chi connectivity index (χ4n) is 3.05. The summed E-state index contributed by atoms with van der Waals surface area (Å²) in [6.07, 6.45) is 6.72. The number of rotatable bonds is 4. The molecule has 120 valence electrons. The van der Waals surface area contributed by atoms with Crippen LogP contribution in [-0.4, -0.2) is 21.0 Å². The standard InChI is InChI=1S/C19H18N4O/c20-12-15-11-16(13-5-2-1-3-6-13)19(24)21-18(15)23-10-9-17(22-23)14-7-4-8-14/h1-3,5-6,9-12,14,20H,4,7-8H2,(H,21,24). The molecule has 2 N–H and O–H groups in total. The predicted octanol–water partition coefficient (Wildman–Crippen LogP) is 3.49. The van der Waals surface area contributed by atoms with Gasteiger partial charge < -0.3 is 10.4 Å². The van der Waals surface area contributed by atoms with Gasteiger partial charge >= 0.3 is 0 Å². The average molecular weight is 318 g/mol. The van der Waals surface area contributed by atoms with Gasteiger partial charge in [0.15, 0.2) is 0 Å². The molecular weight excluding hydrogens is 300 g/mol. The molecular formula is C19H18N4O. The van der Waals surface area contributed by atoms with Crippen LogP contribution in [0.25, 0.3) is 16.9 Å². The molecule has 0 unspecified atom stereocenters. The van der Waals surface area contributed by atoms with Crippen molar-refractivity contribution in [3.63, 3.8) is 0 Å². The molecule has 5 heteroatoms. The topological polar surface area (TPSA) is 74.5 Å². The third kappa shape index (κ3) is 2.48. The summed E-state index contributed by atoms with van der Waals surface area (Å²) in [7, 11) is 0. The van der Waals surface area contributed by atoms with Crippen molar-refractivity contribution in [1.29, 1.82) is 5.41 Å². The summed E-state index contributed by atoms with van der Waals surface area (Å²) in [5.41, 5.74) is 2.91. The molecule has 1 saturated carbocycles. The zero-order valence-corrected chi connectivity index (χ0v) is 13.2. The Labute approximate surface area is 139 Å². The van der Waals surface area contributed by atoms with Crippen LogP contribution in [0.1, 0.15) is 36.4 Å². The molecule has 0 amide bonds. The average Bonchev–Trinajstić information content (AvgIpc) is 3.03. The van der Waals surface area contributed by atoms with E-state index in [0.717, 1.165) is 11.3 Å². The summed E-state index contributed by atoms with van der Waals surface area (Å²) in [5, 5.41) is 12.3. The van der Waals surface area contributed by atoms with Crippen LogP contribution in [-0.2, 0) is 0 Å². The normalized spacial score (nSPS) is 14.3. The molecule has 0 bridgehead atoms. The van der Waals surface area contributed by atoms with Gasteiger partial charge in [0.05, 0.1) is 5.69 Å². The smallest absolute Gasteiger partial charge is 0.257 e. The number of aromatic amines is 1. The molecule has 2 heterocycles. The first kappa shape index (κ1) is 14.6. The minimum atomic E-state index is -0.178. The van der Waals surface area contributed by atoms with E-state index >= 15 is 0 Å². The van der Waals surface area contributed by atoms with Crippen molar-refractivity contribution in [2.24, 2.45) is 0 Å². The summed E-state index contributed by atoms with van der Waals surface area (Å²) >= 11 is 0. The van der Waals surface area contributed by atoms with Crippen LogP contribution < -0.4 is 5.56 Å². The fraction of sp³-hybridized carbons (Fsp3) is 0.211. The van der Waals surface area contributed by atoms with E-state index in [4.69, 9.17) is 5.41 Å². The van der Waals surface area contributed by atoms with Gasteiger partial charge in [-0.25, -0.2) is 4.68 Å². The minimum Gasteiger partial charge on any atom is -0.308 e. The van der Waals surface area contributed by atoms with E-state index in [1.165, 1.54) is 25.5 Å². The second kappa shape index (κ2) is 5.92. The van der Waals surface area contributed by atoms with Gasteiger partial charge in [-0.15, -0.1) is 0 Å². The maximum absolute atomic E-state index is 12.5. The van der Waals surface area contributed by atoms with Crippen molar-refractivity contribution >= 4 is 6.21 Å². The number of nitrogens with one attached hydrogen (secondary N) is 2. The lowest BCUT2D eigenvalue weighted by molar-refractivity contribution is 0.409. The number of pyridine rings is 1. The number of hydrogen-bond donors (Lipinski definition) is 2. The second-order valence-electron chi connectivity index (χ2n) is 6.14. The molecule has 4 rings (SSSR count). The Balaban J connectivity index is 1.79. The molecule has 0 spiro atoms. The Morgan fingerprint density at radius 2 is 2.00 bits per heavy atom. The SMILES string of the molecule is N=Cc1cc(-c2ccccc2)c(=O)[nH]c1-n1ccc(C2CCC2)n1. The molecule has 5 nitrogen and oxygen atoms in total. The lowest BCUT2D eigenvalue weighted by Gasteiger charge is -2.22. The summed E-state index contributed by atoms with van der Waals surface area (Å²) in [4.78, 5) is 15.4. The zero-order valence-electron chi connectivity index (χ0n) is 13.2. The van der Waals surface area contributed by atoms with E-state index in [-0.39, 0.29) is 5.56 Å². The Kier molecular flexibility index (Phi) is 3.61. The van der Waals surface area contributed by atoms with Crippen LogP contribution in [0.3, 0.4) is 0 Å². The molecule has 0 radical (unpaired) electrons. The van der Waals surface area contributed by atoms with Gasteiger partial charge in [-0.1, -0.05) is 36.8 Å². The Bertz CT molecular complexity index is 936. The number of H-pyrrole nitrogens is 1. The molecule has 1 aliphatic carbocycles. The summed E-state index contributed by atoms with van der Waals surface area (Å²) in [5.74, 6) is 1.07. The maximum Gasteiger partial charge on any atom is 0.257 e. The second-order valence-corrected chi connectivity index (χ2v) is 6.14. The molecule has 0 saturated heterocycles. The number of nitrogens with zero attached hydrogens (tertiary/aromatic N) is 2. The largest absolute Gasteiger partial charge is 0.308 e. The van der Waals surface area contributed by atoms with Gasteiger partial charge in [-0.05, 0) is 30.5 Å². The van der Waals surface area contributed by atoms with Gasteiger partial charge in [-0.2, -0.15) is 5.10 Å². The van der Waals surface area contributed by atoms with Crippen molar-refractivity contribution in [3.05, 3.63) is 70.3 Å². The summed E-state index contributed by atoms with van der Waals surface area (Å²) in [6, 6.07) is 13.2. The fourth-order valence-corrected chi connectivity index (χ4v) is 3.05. The first-order chi connectivity index (χ1) is 11.8. The van der Waals surface area contributed by atoms with Crippen molar-refractivity contribution in [3.8, 4) is 16.9 Å². The Morgan fingerprint density at radius 3 is 2.67 bits per heavy atom. The zero-order chi connectivity index (χ0) is 16.5. The van der Waals surface area contributed by atoms with Gasteiger partial charge in [0.2, 0.25) is 0 Å². The third-order valence-electron chi connectivity index (χ3n) is 4.65. The molecule has 24 heavy (non-hydrogen) atoms. The highest BCUT2D eigenvalue weighted by Crippen LogP contribution is 2.35. The highest BCUT2D eigenvalue weighted by molar-refractivity contribution is 5.84. The molecule has 3 aromatic rings. The molecule has 0 atom stereocenters. The van der Waals surface area contributed by atoms with Crippen molar-refractivity contribution in [2.45, 2.75) is 25.2 Å². The van der Waals surface area contributed by atoms with Crippen LogP contribution >= 0.6 is 0 Å². The summed E-state index contributed by atoms with van der Waals surface area (Å²) < 4.78 is 1.67. The van der Waals surface area contributed by atoms with E-state index in [1.54, 1.807) is 10.7 Å². The number of aromatic nitrogens is 3. The quantitative estimate of drug-likeness (QED) is 0.723. The molecule has 1 aromatic carbocycles. The van der Waals surface area contributed by atoms with E-state index < -0.39 is 0 Å². The van der Waals surface area contributed by atoms with E-state index in [1.807, 2.05) is 42.6 Å². The number of benzene rings is 1. The van der Waals surface area contributed by atoms with Gasteiger partial charge in [0, 0.05) is 29.5 Å². The van der Waals surface area contributed by atoms with E-state index in [0.29, 0.717) is 22.9 Å². The lowest BCUT2D eigenvalue weighted by atomic mass is 9.83. The van der Waals surface area contributed by atoms with E-state index in [9.17, 15) is 4.79 Å². The van der Waals surface area contributed by atoms with Crippen molar-refractivity contribution in [2.75, 3.05) is 0 Å². The molecule has 2 aromatic heterocycles. The van der Waals surface area contributed by atoms with Crippen LogP contribution in [0.4, 0.5) is 0 Å². The number of hydrogen-bond acceptors (Lipinski definition) is 3. The van der Waals surface area contributed by atoms with Gasteiger partial charge in [0.1, 0.15) is 5.82 Å². The van der Waals surface area contributed by atoms with Crippen LogP contribution in [0.15, 0.2) is 53.5 Å². The monoisotopic (exact) mass is 318 g/mol. The van der Waals surface area contributed by atoms with E-state index in [2.05, 4.69) is 10.1 Å². The third-order valence-corrected chi connectivity index (χ3v) is 4.65. The predicted molar refractivity (Wildman–Crippen MR) is 94.1 cm³/mol. The first-order valence-corrected chi connectivity index (χ1v) is 8.15. The maximum atomic E-state index is 12.5. The highest BCUT2D eigenvalue weighted by Gasteiger charge is 2.22. The van der Waals surface area contributed by atoms with Crippen LogP contribution in [0.5, 0.6) is 0 Å². The Hall–Kier alpha value is -2.95. The van der Waals surface area contributed by atoms with Gasteiger partial charge in [0.25, 0.3) is 5.56 Å². The van der Waals surface area contributed by atoms with Crippen molar-refractivity contribution < 1.29 is 0 Å². The minimum absolute atomic E-state index is 0.178. The van der Waals surface area contributed by atoms with Crippen molar-refractivity contribution in [1.82, 2.24) is 14.8 Å². The summed E-state index contributed by atoms with van der Waals surface area (Å²) in [6.45, 7) is 0. The molecule has 1 aliphatic rings. The molecule has 1 fully saturated rings. The Morgan fingerprint density at radius 1 is 1.21 bits per heavy atom. The van der Waals surface area contributed by atoms with Crippen LogP contribution in [0, 0.1) is 5.41 Å². The molecule has 0 aliphatic heterocycles. The first-order valence-electron chi connectivity index (χ1n) is 8.15. The van der Waals surface area contributed by atoms with Gasteiger partial charge in [-0.3, -0.25) is 4.79 Å². The highest BCUT2D eigenvalue weighted by atomic mass is 16.1.